The quantitative estimate of drug-likeness (QED) is 0.890. The maximum absolute atomic E-state index is 4.54. The Morgan fingerprint density at radius 1 is 1.44 bits per heavy atom. The third kappa shape index (κ3) is 3.42. The second kappa shape index (κ2) is 5.22. The van der Waals surface area contributed by atoms with Crippen LogP contribution in [0.4, 0.5) is 5.82 Å². The minimum atomic E-state index is 0.176. The first-order chi connectivity index (χ1) is 8.46. The molecule has 1 saturated heterocycles. The van der Waals surface area contributed by atoms with Crippen LogP contribution in [0.2, 0.25) is 0 Å². The minimum absolute atomic E-state index is 0.176. The van der Waals surface area contributed by atoms with Crippen molar-refractivity contribution >= 4 is 5.82 Å². The molecule has 0 aromatic carbocycles. The van der Waals surface area contributed by atoms with E-state index in [1.165, 1.54) is 12.8 Å². The van der Waals surface area contributed by atoms with Crippen LogP contribution in [0.25, 0.3) is 0 Å². The summed E-state index contributed by atoms with van der Waals surface area (Å²) in [6.07, 6.45) is 4.34. The molecule has 1 N–H and O–H groups in total. The van der Waals surface area contributed by atoms with Gasteiger partial charge in [-0.1, -0.05) is 0 Å². The van der Waals surface area contributed by atoms with Crippen molar-refractivity contribution in [3.05, 3.63) is 18.1 Å². The summed E-state index contributed by atoms with van der Waals surface area (Å²) in [5.41, 5.74) is 0.176. The van der Waals surface area contributed by atoms with Gasteiger partial charge in [0.2, 0.25) is 0 Å². The van der Waals surface area contributed by atoms with Gasteiger partial charge in [0.15, 0.2) is 0 Å². The normalized spacial score (nSPS) is 20.4. The van der Waals surface area contributed by atoms with Crippen molar-refractivity contribution in [2.45, 2.75) is 52.1 Å². The molecule has 0 aliphatic carbocycles. The number of aryl methyl sites for hydroxylation is 1. The van der Waals surface area contributed by atoms with E-state index in [9.17, 15) is 0 Å². The largest absolute Gasteiger partial charge is 0.352 e. The van der Waals surface area contributed by atoms with E-state index < -0.39 is 0 Å². The molecule has 4 heteroatoms. The van der Waals surface area contributed by atoms with Gasteiger partial charge in [-0.3, -0.25) is 0 Å². The van der Waals surface area contributed by atoms with Crippen LogP contribution in [0.1, 0.15) is 39.4 Å². The molecule has 1 aliphatic heterocycles. The first kappa shape index (κ1) is 13.3. The highest BCUT2D eigenvalue weighted by Gasteiger charge is 2.26. The van der Waals surface area contributed by atoms with Gasteiger partial charge in [-0.25, -0.2) is 9.97 Å². The molecule has 0 saturated carbocycles. The molecule has 100 valence electrons. The Morgan fingerprint density at radius 2 is 2.22 bits per heavy atom. The number of anilines is 1. The van der Waals surface area contributed by atoms with Crippen molar-refractivity contribution < 1.29 is 0 Å². The monoisotopic (exact) mass is 248 g/mol. The van der Waals surface area contributed by atoms with E-state index in [4.69, 9.17) is 0 Å². The summed E-state index contributed by atoms with van der Waals surface area (Å²) in [6.45, 7) is 10.7. The highest BCUT2D eigenvalue weighted by molar-refractivity contribution is 5.40. The average Bonchev–Trinajstić information content (AvgIpc) is 2.73. The molecular formula is C14H24N4. The van der Waals surface area contributed by atoms with Gasteiger partial charge in [-0.15, -0.1) is 0 Å². The fourth-order valence-electron chi connectivity index (χ4n) is 2.38. The summed E-state index contributed by atoms with van der Waals surface area (Å²) >= 11 is 0. The van der Waals surface area contributed by atoms with Crippen molar-refractivity contribution in [1.82, 2.24) is 15.3 Å². The molecule has 1 fully saturated rings. The molecular weight excluding hydrogens is 224 g/mol. The fourth-order valence-corrected chi connectivity index (χ4v) is 2.38. The van der Waals surface area contributed by atoms with E-state index in [1.807, 2.05) is 19.2 Å². The third-order valence-corrected chi connectivity index (χ3v) is 3.30. The van der Waals surface area contributed by atoms with E-state index in [0.717, 1.165) is 24.7 Å². The van der Waals surface area contributed by atoms with Crippen LogP contribution in [0.3, 0.4) is 0 Å². The fraction of sp³-hybridized carbons (Fsp3) is 0.714. The van der Waals surface area contributed by atoms with Gasteiger partial charge >= 0.3 is 0 Å². The first-order valence-corrected chi connectivity index (χ1v) is 6.77. The second-order valence-electron chi connectivity index (χ2n) is 6.08. The predicted molar refractivity (Wildman–Crippen MR) is 74.9 cm³/mol. The van der Waals surface area contributed by atoms with Crippen LogP contribution < -0.4 is 10.2 Å². The van der Waals surface area contributed by atoms with Crippen LogP contribution in [-0.2, 0) is 0 Å². The summed E-state index contributed by atoms with van der Waals surface area (Å²) < 4.78 is 0. The summed E-state index contributed by atoms with van der Waals surface area (Å²) in [7, 11) is 0. The Kier molecular flexibility index (Phi) is 3.85. The van der Waals surface area contributed by atoms with Gasteiger partial charge in [0.1, 0.15) is 11.6 Å². The van der Waals surface area contributed by atoms with Crippen molar-refractivity contribution in [2.24, 2.45) is 0 Å². The van der Waals surface area contributed by atoms with Gasteiger partial charge in [-0.05, 0) is 46.6 Å². The molecule has 18 heavy (non-hydrogen) atoms. The molecule has 0 spiro atoms. The number of nitrogens with zero attached hydrogens (tertiary/aromatic N) is 3. The van der Waals surface area contributed by atoms with Crippen molar-refractivity contribution in [3.63, 3.8) is 0 Å². The Balaban J connectivity index is 2.03. The molecule has 4 nitrogen and oxygen atoms in total. The Labute approximate surface area is 110 Å². The van der Waals surface area contributed by atoms with Crippen LogP contribution in [0.5, 0.6) is 0 Å². The summed E-state index contributed by atoms with van der Waals surface area (Å²) in [6, 6.07) is 2.57. The maximum Gasteiger partial charge on any atom is 0.132 e. The van der Waals surface area contributed by atoms with Gasteiger partial charge in [0, 0.05) is 30.9 Å². The highest BCUT2D eigenvalue weighted by Crippen LogP contribution is 2.23. The molecule has 1 aromatic rings. The van der Waals surface area contributed by atoms with Crippen molar-refractivity contribution in [3.8, 4) is 0 Å². The van der Waals surface area contributed by atoms with Crippen LogP contribution in [-0.4, -0.2) is 34.6 Å². The lowest BCUT2D eigenvalue weighted by Crippen LogP contribution is -2.45. The zero-order valence-electron chi connectivity index (χ0n) is 11.9. The van der Waals surface area contributed by atoms with E-state index in [0.29, 0.717) is 6.04 Å². The van der Waals surface area contributed by atoms with Gasteiger partial charge in [0.05, 0.1) is 0 Å². The maximum atomic E-state index is 4.54. The predicted octanol–water partition coefficient (Wildman–Crippen LogP) is 2.14. The van der Waals surface area contributed by atoms with Gasteiger partial charge < -0.3 is 10.2 Å². The van der Waals surface area contributed by atoms with Gasteiger partial charge in [0.25, 0.3) is 0 Å². The lowest BCUT2D eigenvalue weighted by molar-refractivity contribution is 0.404. The van der Waals surface area contributed by atoms with Crippen LogP contribution in [0.15, 0.2) is 12.3 Å². The van der Waals surface area contributed by atoms with Crippen molar-refractivity contribution in [1.29, 1.82) is 0 Å². The SMILES string of the molecule is Cc1nccc(N2CCCC2CNC(C)(C)C)n1. The smallest absolute Gasteiger partial charge is 0.132 e. The second-order valence-corrected chi connectivity index (χ2v) is 6.08. The number of hydrogen-bond donors (Lipinski definition) is 1. The molecule has 1 unspecified atom stereocenters. The molecule has 2 rings (SSSR count). The number of aromatic nitrogens is 2. The number of rotatable bonds is 3. The van der Waals surface area contributed by atoms with E-state index in [1.54, 1.807) is 0 Å². The lowest BCUT2D eigenvalue weighted by Gasteiger charge is -2.29. The van der Waals surface area contributed by atoms with E-state index in [-0.39, 0.29) is 5.54 Å². The Morgan fingerprint density at radius 3 is 2.89 bits per heavy atom. The Hall–Kier alpha value is -1.16. The first-order valence-electron chi connectivity index (χ1n) is 6.77. The molecule has 0 radical (unpaired) electrons. The zero-order valence-corrected chi connectivity index (χ0v) is 11.9. The van der Waals surface area contributed by atoms with Crippen LogP contribution >= 0.6 is 0 Å². The summed E-state index contributed by atoms with van der Waals surface area (Å²) in [5.74, 6) is 1.92. The standard InChI is InChI=1S/C14H24N4/c1-11-15-8-7-13(17-11)18-9-5-6-12(18)10-16-14(2,3)4/h7-8,12,16H,5-6,9-10H2,1-4H3. The highest BCUT2D eigenvalue weighted by atomic mass is 15.3. The average molecular weight is 248 g/mol. The van der Waals surface area contributed by atoms with E-state index in [2.05, 4.69) is 41.0 Å². The third-order valence-electron chi connectivity index (χ3n) is 3.30. The summed E-state index contributed by atoms with van der Waals surface area (Å²) in [5, 5.41) is 3.59. The number of nitrogens with one attached hydrogen (secondary N) is 1. The zero-order chi connectivity index (χ0) is 13.2. The minimum Gasteiger partial charge on any atom is -0.352 e. The molecule has 1 atom stereocenters. The molecule has 2 heterocycles. The van der Waals surface area contributed by atoms with E-state index >= 15 is 0 Å². The van der Waals surface area contributed by atoms with Gasteiger partial charge in [-0.2, -0.15) is 0 Å². The molecule has 0 bridgehead atoms. The van der Waals surface area contributed by atoms with Crippen LogP contribution in [0, 0.1) is 6.92 Å². The Bertz CT molecular complexity index is 397. The molecule has 0 amide bonds. The lowest BCUT2D eigenvalue weighted by atomic mass is 10.1. The van der Waals surface area contributed by atoms with Crippen molar-refractivity contribution in [2.75, 3.05) is 18.0 Å². The topological polar surface area (TPSA) is 41.1 Å². The number of hydrogen-bond acceptors (Lipinski definition) is 4. The molecule has 1 aromatic heterocycles. The molecule has 1 aliphatic rings. The summed E-state index contributed by atoms with van der Waals surface area (Å²) in [4.78, 5) is 11.1.